The van der Waals surface area contributed by atoms with Crippen molar-refractivity contribution in [1.82, 2.24) is 4.90 Å². The fraction of sp³-hybridized carbons (Fsp3) is 0.407. The van der Waals surface area contributed by atoms with Crippen LogP contribution in [0.25, 0.3) is 6.08 Å². The Balaban J connectivity index is 1.71. The Labute approximate surface area is 238 Å². The fourth-order valence-electron chi connectivity index (χ4n) is 3.74. The highest BCUT2D eigenvalue weighted by Crippen LogP contribution is 2.36. The molecular formula is C27H33ClN2O5S3. The van der Waals surface area contributed by atoms with Gasteiger partial charge in [0.05, 0.1) is 23.0 Å². The molecule has 2 heterocycles. The van der Waals surface area contributed by atoms with Crippen LogP contribution in [0.1, 0.15) is 57.4 Å². The maximum Gasteiger partial charge on any atom is 0.294 e. The first-order chi connectivity index (χ1) is 18.3. The first kappa shape index (κ1) is 30.3. The third kappa shape index (κ3) is 8.36. The summed E-state index contributed by atoms with van der Waals surface area (Å²) in [7, 11) is -2.45. The number of ether oxygens (including phenoxy) is 2. The Morgan fingerprint density at radius 2 is 1.82 bits per heavy atom. The first-order valence-corrected chi connectivity index (χ1v) is 16.0. The van der Waals surface area contributed by atoms with E-state index in [1.54, 1.807) is 19.3 Å². The minimum atomic E-state index is -4.02. The summed E-state index contributed by atoms with van der Waals surface area (Å²) in [5.74, 6) is 0.847. The highest BCUT2D eigenvalue weighted by Gasteiger charge is 2.34. The molecule has 3 rings (SSSR count). The van der Waals surface area contributed by atoms with Gasteiger partial charge in [0.2, 0.25) is 0 Å². The number of amidine groups is 1. The van der Waals surface area contributed by atoms with Gasteiger partial charge in [-0.15, -0.1) is 22.3 Å². The third-order valence-electron chi connectivity index (χ3n) is 5.69. The summed E-state index contributed by atoms with van der Waals surface area (Å²) in [4.78, 5) is 14.7. The maximum atomic E-state index is 13.1. The van der Waals surface area contributed by atoms with Crippen LogP contribution in [0.3, 0.4) is 0 Å². The van der Waals surface area contributed by atoms with E-state index in [1.807, 2.05) is 12.1 Å². The Morgan fingerprint density at radius 1 is 1.08 bits per heavy atom. The van der Waals surface area contributed by atoms with Crippen LogP contribution < -0.4 is 9.47 Å². The molecule has 38 heavy (non-hydrogen) atoms. The van der Waals surface area contributed by atoms with E-state index in [2.05, 4.69) is 17.9 Å². The van der Waals surface area contributed by atoms with Crippen LogP contribution in [0.5, 0.6) is 11.5 Å². The van der Waals surface area contributed by atoms with Crippen LogP contribution in [0.2, 0.25) is 4.34 Å². The first-order valence-electron chi connectivity index (χ1n) is 12.5. The number of thioether (sulfide) groups is 1. The number of methoxy groups -OCH3 is 1. The molecule has 11 heteroatoms. The van der Waals surface area contributed by atoms with Gasteiger partial charge in [0.25, 0.3) is 15.9 Å². The number of benzene rings is 1. The molecule has 0 spiro atoms. The second-order valence-electron chi connectivity index (χ2n) is 8.60. The standard InChI is InChI=1S/C27H33ClN2O5S3/c1-4-6-7-8-9-10-11-17-35-21-13-12-20(18-22(21)34-3)19-23-26(31)30(16-5-2)27(36-23)29-38(32,33)25-15-14-24(28)37-25/h5,12-15,18-19H,2,4,6-11,16-17H2,1,3H3/b23-19-,29-27+. The van der Waals surface area contributed by atoms with E-state index in [-0.39, 0.29) is 21.8 Å². The molecule has 0 radical (unpaired) electrons. The van der Waals surface area contributed by atoms with Gasteiger partial charge in [-0.1, -0.05) is 69.2 Å². The van der Waals surface area contributed by atoms with Crippen molar-refractivity contribution >= 4 is 61.9 Å². The highest BCUT2D eigenvalue weighted by molar-refractivity contribution is 8.19. The van der Waals surface area contributed by atoms with Gasteiger partial charge in [-0.25, -0.2) is 0 Å². The minimum absolute atomic E-state index is 0.0100. The van der Waals surface area contributed by atoms with Crippen LogP contribution in [0.4, 0.5) is 0 Å². The molecule has 1 aromatic carbocycles. The average molecular weight is 597 g/mol. The number of unbranched alkanes of at least 4 members (excludes halogenated alkanes) is 6. The Bertz CT molecular complexity index is 1290. The number of thiophene rings is 1. The predicted molar refractivity (Wildman–Crippen MR) is 158 cm³/mol. The summed E-state index contributed by atoms with van der Waals surface area (Å²) in [5, 5.41) is 0.0623. The zero-order valence-corrected chi connectivity index (χ0v) is 24.9. The molecule has 1 saturated heterocycles. The van der Waals surface area contributed by atoms with Crippen molar-refractivity contribution in [2.75, 3.05) is 20.3 Å². The normalized spacial score (nSPS) is 16.0. The van der Waals surface area contributed by atoms with Gasteiger partial charge >= 0.3 is 0 Å². The molecule has 0 aliphatic carbocycles. The van der Waals surface area contributed by atoms with Crippen molar-refractivity contribution in [2.45, 2.75) is 56.1 Å². The SMILES string of the molecule is C=CCN1C(=O)/C(=C/c2ccc(OCCCCCCCCC)c(OC)c2)S/C1=N/S(=O)(=O)c1ccc(Cl)s1. The fourth-order valence-corrected chi connectivity index (χ4v) is 7.39. The summed E-state index contributed by atoms with van der Waals surface area (Å²) >= 11 is 7.80. The molecule has 1 fully saturated rings. The van der Waals surface area contributed by atoms with Gasteiger partial charge in [-0.2, -0.15) is 8.42 Å². The number of amides is 1. The van der Waals surface area contributed by atoms with Crippen LogP contribution in [-0.4, -0.2) is 44.7 Å². The van der Waals surface area contributed by atoms with E-state index in [4.69, 9.17) is 21.1 Å². The topological polar surface area (TPSA) is 85.3 Å². The average Bonchev–Trinajstić information content (AvgIpc) is 3.45. The molecule has 1 amide bonds. The summed E-state index contributed by atoms with van der Waals surface area (Å²) < 4.78 is 41.3. The molecular weight excluding hydrogens is 564 g/mol. The van der Waals surface area contributed by atoms with E-state index in [1.165, 1.54) is 55.2 Å². The monoisotopic (exact) mass is 596 g/mol. The number of carbonyl (C=O) groups excluding carboxylic acids is 1. The van der Waals surface area contributed by atoms with Gasteiger partial charge in [0.1, 0.15) is 4.21 Å². The largest absolute Gasteiger partial charge is 0.493 e. The van der Waals surface area contributed by atoms with Crippen molar-refractivity contribution in [3.8, 4) is 11.5 Å². The predicted octanol–water partition coefficient (Wildman–Crippen LogP) is 7.39. The zero-order chi connectivity index (χ0) is 27.5. The molecule has 0 N–H and O–H groups in total. The van der Waals surface area contributed by atoms with E-state index >= 15 is 0 Å². The third-order valence-corrected chi connectivity index (χ3v) is 9.78. The highest BCUT2D eigenvalue weighted by atomic mass is 35.5. The van der Waals surface area contributed by atoms with E-state index in [0.717, 1.165) is 35.9 Å². The van der Waals surface area contributed by atoms with Gasteiger partial charge < -0.3 is 9.47 Å². The second-order valence-corrected chi connectivity index (χ2v) is 13.2. The van der Waals surface area contributed by atoms with Crippen LogP contribution >= 0.6 is 34.7 Å². The lowest BCUT2D eigenvalue weighted by Gasteiger charge is -2.12. The van der Waals surface area contributed by atoms with Gasteiger partial charge in [-0.3, -0.25) is 9.69 Å². The quantitative estimate of drug-likeness (QED) is 0.121. The van der Waals surface area contributed by atoms with Crippen molar-refractivity contribution in [2.24, 2.45) is 4.40 Å². The molecule has 1 aromatic heterocycles. The molecule has 0 unspecified atom stereocenters. The summed E-state index contributed by atoms with van der Waals surface area (Å²) in [6, 6.07) is 8.33. The van der Waals surface area contributed by atoms with Gasteiger partial charge in [0, 0.05) is 6.54 Å². The van der Waals surface area contributed by atoms with E-state index < -0.39 is 10.0 Å². The Morgan fingerprint density at radius 3 is 2.47 bits per heavy atom. The van der Waals surface area contributed by atoms with Gasteiger partial charge in [-0.05, 0) is 54.1 Å². The van der Waals surface area contributed by atoms with Crippen molar-refractivity contribution in [1.29, 1.82) is 0 Å². The molecule has 1 aliphatic rings. The van der Waals surface area contributed by atoms with Crippen molar-refractivity contribution < 1.29 is 22.7 Å². The molecule has 2 aromatic rings. The summed E-state index contributed by atoms with van der Waals surface area (Å²) in [5.41, 5.74) is 0.716. The van der Waals surface area contributed by atoms with Gasteiger partial charge in [0.15, 0.2) is 16.7 Å². The molecule has 0 atom stereocenters. The molecule has 1 aliphatic heterocycles. The smallest absolute Gasteiger partial charge is 0.294 e. The number of hydrogen-bond donors (Lipinski definition) is 0. The molecule has 0 saturated carbocycles. The van der Waals surface area contributed by atoms with Crippen LogP contribution in [-0.2, 0) is 14.8 Å². The maximum absolute atomic E-state index is 13.1. The van der Waals surface area contributed by atoms with Crippen molar-refractivity contribution in [3.05, 3.63) is 57.8 Å². The Kier molecular flexibility index (Phi) is 11.8. The zero-order valence-electron chi connectivity index (χ0n) is 21.7. The lowest BCUT2D eigenvalue weighted by atomic mass is 10.1. The summed E-state index contributed by atoms with van der Waals surface area (Å²) in [6.07, 6.45) is 11.6. The number of sulfonamides is 1. The van der Waals surface area contributed by atoms with Crippen LogP contribution in [0, 0.1) is 0 Å². The van der Waals surface area contributed by atoms with Crippen LogP contribution in [0.15, 0.2) is 56.5 Å². The minimum Gasteiger partial charge on any atom is -0.493 e. The number of carbonyl (C=O) groups is 1. The number of hydrogen-bond acceptors (Lipinski definition) is 7. The number of rotatable bonds is 15. The van der Waals surface area contributed by atoms with Crippen molar-refractivity contribution in [3.63, 3.8) is 0 Å². The molecule has 0 bridgehead atoms. The second kappa shape index (κ2) is 14.8. The molecule has 7 nitrogen and oxygen atoms in total. The van der Waals surface area contributed by atoms with E-state index in [9.17, 15) is 13.2 Å². The Hall–Kier alpha value is -2.27. The van der Waals surface area contributed by atoms with E-state index in [0.29, 0.717) is 32.9 Å². The summed E-state index contributed by atoms with van der Waals surface area (Å²) in [6.45, 7) is 6.62. The molecule has 206 valence electrons. The lowest BCUT2D eigenvalue weighted by Crippen LogP contribution is -2.29. The number of halogens is 1. The lowest BCUT2D eigenvalue weighted by molar-refractivity contribution is -0.121. The number of nitrogens with zero attached hydrogens (tertiary/aromatic N) is 2.